The summed E-state index contributed by atoms with van der Waals surface area (Å²) in [6, 6.07) is 6.05. The Bertz CT molecular complexity index is 1220. The van der Waals surface area contributed by atoms with E-state index >= 15 is 0 Å². The molecular formula is C20H25N7O4. The Morgan fingerprint density at radius 1 is 1.26 bits per heavy atom. The summed E-state index contributed by atoms with van der Waals surface area (Å²) in [5.74, 6) is 0.318. The normalized spacial score (nSPS) is 11.4. The van der Waals surface area contributed by atoms with Crippen LogP contribution in [0, 0.1) is 10.1 Å². The number of nitrogens with zero attached hydrogens (tertiary/aromatic N) is 5. The van der Waals surface area contributed by atoms with Crippen molar-refractivity contribution in [3.05, 3.63) is 60.8 Å². The van der Waals surface area contributed by atoms with Crippen LogP contribution in [-0.4, -0.2) is 30.2 Å². The van der Waals surface area contributed by atoms with Crippen LogP contribution < -0.4 is 16.7 Å². The van der Waals surface area contributed by atoms with Gasteiger partial charge < -0.3 is 4.57 Å². The Balaban J connectivity index is 1.90. The average molecular weight is 427 g/mol. The van der Waals surface area contributed by atoms with E-state index in [4.69, 9.17) is 0 Å². The molecule has 0 amide bonds. The Kier molecular flexibility index (Phi) is 6.96. The lowest BCUT2D eigenvalue weighted by Gasteiger charge is -2.08. The number of anilines is 1. The van der Waals surface area contributed by atoms with Crippen molar-refractivity contribution >= 4 is 29.0 Å². The molecule has 0 aliphatic carbocycles. The summed E-state index contributed by atoms with van der Waals surface area (Å²) >= 11 is 0. The lowest BCUT2D eigenvalue weighted by Crippen LogP contribution is -2.29. The number of H-pyrrole nitrogens is 1. The predicted molar refractivity (Wildman–Crippen MR) is 119 cm³/mol. The van der Waals surface area contributed by atoms with E-state index in [0.29, 0.717) is 23.6 Å². The number of hydrazone groups is 1. The number of non-ortho nitro benzene ring substituents is 1. The van der Waals surface area contributed by atoms with Crippen molar-refractivity contribution in [2.45, 2.75) is 45.6 Å². The maximum atomic E-state index is 12.5. The Morgan fingerprint density at radius 3 is 2.77 bits per heavy atom. The van der Waals surface area contributed by atoms with Gasteiger partial charge in [0.05, 0.1) is 11.1 Å². The van der Waals surface area contributed by atoms with Gasteiger partial charge in [-0.05, 0) is 6.42 Å². The smallest absolute Gasteiger partial charge is 0.303 e. The third kappa shape index (κ3) is 5.05. The monoisotopic (exact) mass is 427 g/mol. The van der Waals surface area contributed by atoms with Crippen LogP contribution in [0.2, 0.25) is 0 Å². The van der Waals surface area contributed by atoms with Crippen molar-refractivity contribution in [3.63, 3.8) is 0 Å². The largest absolute Gasteiger partial charge is 0.329 e. The molecule has 3 rings (SSSR count). The van der Waals surface area contributed by atoms with Crippen molar-refractivity contribution in [1.29, 1.82) is 0 Å². The van der Waals surface area contributed by atoms with Crippen LogP contribution in [0.1, 0.15) is 44.6 Å². The number of hydrogen-bond donors (Lipinski definition) is 2. The van der Waals surface area contributed by atoms with Crippen molar-refractivity contribution in [2.75, 3.05) is 5.43 Å². The third-order valence-electron chi connectivity index (χ3n) is 4.95. The number of aromatic nitrogens is 4. The molecule has 0 fully saturated rings. The van der Waals surface area contributed by atoms with Gasteiger partial charge in [-0.25, -0.2) is 10.2 Å². The van der Waals surface area contributed by atoms with E-state index in [1.54, 1.807) is 16.7 Å². The molecule has 0 radical (unpaired) electrons. The molecule has 2 heterocycles. The van der Waals surface area contributed by atoms with Crippen LogP contribution in [0.5, 0.6) is 0 Å². The number of nitro groups is 1. The van der Waals surface area contributed by atoms with E-state index in [0.717, 1.165) is 32.1 Å². The van der Waals surface area contributed by atoms with E-state index in [1.807, 2.05) is 0 Å². The van der Waals surface area contributed by atoms with Gasteiger partial charge in [0, 0.05) is 31.3 Å². The van der Waals surface area contributed by atoms with E-state index in [9.17, 15) is 19.7 Å². The highest BCUT2D eigenvalue weighted by Gasteiger charge is 2.17. The van der Waals surface area contributed by atoms with Gasteiger partial charge >= 0.3 is 5.69 Å². The van der Waals surface area contributed by atoms with Crippen LogP contribution in [0.3, 0.4) is 0 Å². The molecule has 0 aliphatic rings. The second kappa shape index (κ2) is 9.83. The summed E-state index contributed by atoms with van der Waals surface area (Å²) in [5, 5.41) is 15.0. The van der Waals surface area contributed by atoms with Gasteiger partial charge in [0.1, 0.15) is 0 Å². The molecule has 31 heavy (non-hydrogen) atoms. The number of hydrogen-bond acceptors (Lipinski definition) is 7. The summed E-state index contributed by atoms with van der Waals surface area (Å²) < 4.78 is 2.99. The number of imidazole rings is 1. The Hall–Kier alpha value is -3.76. The minimum atomic E-state index is -0.545. The quantitative estimate of drug-likeness (QED) is 0.221. The molecule has 11 heteroatoms. The van der Waals surface area contributed by atoms with Gasteiger partial charge in [-0.2, -0.15) is 10.1 Å². The molecule has 2 aromatic heterocycles. The molecule has 0 aliphatic heterocycles. The number of benzene rings is 1. The predicted octanol–water partition coefficient (Wildman–Crippen LogP) is 2.75. The maximum Gasteiger partial charge on any atom is 0.329 e. The molecule has 0 spiro atoms. The molecule has 1 aromatic carbocycles. The van der Waals surface area contributed by atoms with Crippen molar-refractivity contribution in [3.8, 4) is 0 Å². The van der Waals surface area contributed by atoms with E-state index in [2.05, 4.69) is 27.4 Å². The van der Waals surface area contributed by atoms with Gasteiger partial charge in [-0.15, -0.1) is 0 Å². The minimum Gasteiger partial charge on any atom is -0.303 e. The van der Waals surface area contributed by atoms with E-state index in [-0.39, 0.29) is 11.3 Å². The number of rotatable bonds is 10. The number of nitrogens with one attached hydrogen (secondary N) is 2. The number of aryl methyl sites for hydroxylation is 2. The first-order valence-corrected chi connectivity index (χ1v) is 10.2. The van der Waals surface area contributed by atoms with Crippen LogP contribution in [0.4, 0.5) is 11.6 Å². The topological polar surface area (TPSA) is 140 Å². The van der Waals surface area contributed by atoms with Crippen LogP contribution >= 0.6 is 0 Å². The SMILES string of the molecule is CCCCCCCn1c(N/N=C/c2cccc([N+](=O)[O-])c2)nc2c1c(=O)[nH]c(=O)n2C. The second-order valence-electron chi connectivity index (χ2n) is 7.21. The minimum absolute atomic E-state index is 0.0372. The maximum absolute atomic E-state index is 12.5. The first-order chi connectivity index (χ1) is 14.9. The zero-order valence-electron chi connectivity index (χ0n) is 17.5. The molecule has 0 saturated carbocycles. The average Bonchev–Trinajstić information content (AvgIpc) is 3.11. The summed E-state index contributed by atoms with van der Waals surface area (Å²) in [7, 11) is 1.54. The Morgan fingerprint density at radius 2 is 2.03 bits per heavy atom. The highest BCUT2D eigenvalue weighted by Crippen LogP contribution is 2.17. The molecule has 11 nitrogen and oxygen atoms in total. The number of nitro benzene ring substituents is 1. The third-order valence-corrected chi connectivity index (χ3v) is 4.95. The summed E-state index contributed by atoms with van der Waals surface area (Å²) in [6.45, 7) is 2.68. The standard InChI is InChI=1S/C20H25N7O4/c1-3-4-5-6-7-11-26-16-17(25(2)20(29)23-18(16)28)22-19(26)24-21-13-14-9-8-10-15(12-14)27(30)31/h8-10,12-13H,3-7,11H2,1-2H3,(H,22,24)(H,23,28,29)/b21-13+. The zero-order chi connectivity index (χ0) is 22.4. The molecule has 164 valence electrons. The van der Waals surface area contributed by atoms with Crippen LogP contribution in [0.25, 0.3) is 11.2 Å². The zero-order valence-corrected chi connectivity index (χ0v) is 17.5. The van der Waals surface area contributed by atoms with Gasteiger partial charge in [0.2, 0.25) is 5.95 Å². The lowest BCUT2D eigenvalue weighted by atomic mass is 10.1. The molecule has 3 aromatic rings. The van der Waals surface area contributed by atoms with Crippen LogP contribution in [-0.2, 0) is 13.6 Å². The molecule has 0 saturated heterocycles. The Labute approximate surface area is 177 Å². The second-order valence-corrected chi connectivity index (χ2v) is 7.21. The highest BCUT2D eigenvalue weighted by atomic mass is 16.6. The summed E-state index contributed by atoms with van der Waals surface area (Å²) in [4.78, 5) is 41.6. The van der Waals surface area contributed by atoms with Crippen LogP contribution in [0.15, 0.2) is 39.0 Å². The molecule has 0 bridgehead atoms. The van der Waals surface area contributed by atoms with Crippen molar-refractivity contribution < 1.29 is 4.92 Å². The van der Waals surface area contributed by atoms with E-state index in [1.165, 1.54) is 30.0 Å². The first kappa shape index (κ1) is 21.9. The molecule has 2 N–H and O–H groups in total. The fourth-order valence-corrected chi connectivity index (χ4v) is 3.29. The number of aromatic amines is 1. The van der Waals surface area contributed by atoms with E-state index < -0.39 is 16.2 Å². The van der Waals surface area contributed by atoms with Gasteiger partial charge in [0.25, 0.3) is 11.2 Å². The fourth-order valence-electron chi connectivity index (χ4n) is 3.29. The number of unbranched alkanes of at least 4 members (excludes halogenated alkanes) is 4. The summed E-state index contributed by atoms with van der Waals surface area (Å²) in [6.07, 6.45) is 6.67. The number of fused-ring (bicyclic) bond motifs is 1. The highest BCUT2D eigenvalue weighted by molar-refractivity contribution is 5.81. The summed E-state index contributed by atoms with van der Waals surface area (Å²) in [5.41, 5.74) is 2.82. The molecular weight excluding hydrogens is 402 g/mol. The fraction of sp³-hybridized carbons (Fsp3) is 0.400. The van der Waals surface area contributed by atoms with Crippen molar-refractivity contribution in [1.82, 2.24) is 19.1 Å². The van der Waals surface area contributed by atoms with Gasteiger partial charge in [-0.1, -0.05) is 44.7 Å². The van der Waals surface area contributed by atoms with Gasteiger partial charge in [0.15, 0.2) is 11.2 Å². The van der Waals surface area contributed by atoms with Gasteiger partial charge in [-0.3, -0.25) is 24.5 Å². The van der Waals surface area contributed by atoms with Crippen molar-refractivity contribution in [2.24, 2.45) is 12.1 Å². The molecule has 0 atom stereocenters. The lowest BCUT2D eigenvalue weighted by molar-refractivity contribution is -0.384. The first-order valence-electron chi connectivity index (χ1n) is 10.2. The molecule has 0 unspecified atom stereocenters.